The van der Waals surface area contributed by atoms with Gasteiger partial charge in [0.15, 0.2) is 0 Å². The second-order valence-electron chi connectivity index (χ2n) is 6.12. The normalized spacial score (nSPS) is 13.2. The molecule has 0 aromatic heterocycles. The standard InChI is InChI=1S/C18H22OS/c1-13(19)14-5-9-16(10-6-14)20-17-11-7-15(8-12-17)18(2,3)4/h5-13,19H,1-4H3. The van der Waals surface area contributed by atoms with Crippen LogP contribution in [-0.4, -0.2) is 5.11 Å². The Kier molecular flexibility index (Phi) is 4.56. The first-order valence-electron chi connectivity index (χ1n) is 6.93. The zero-order valence-electron chi connectivity index (χ0n) is 12.6. The van der Waals surface area contributed by atoms with Gasteiger partial charge in [0.2, 0.25) is 0 Å². The summed E-state index contributed by atoms with van der Waals surface area (Å²) in [6.07, 6.45) is -0.403. The monoisotopic (exact) mass is 286 g/mol. The number of aliphatic hydroxyl groups is 1. The first-order chi connectivity index (χ1) is 9.36. The highest BCUT2D eigenvalue weighted by Crippen LogP contribution is 2.30. The van der Waals surface area contributed by atoms with Crippen LogP contribution in [0, 0.1) is 0 Å². The Labute approximate surface area is 126 Å². The fourth-order valence-electron chi connectivity index (χ4n) is 1.97. The van der Waals surface area contributed by atoms with E-state index in [1.807, 2.05) is 12.1 Å². The Morgan fingerprint density at radius 3 is 1.70 bits per heavy atom. The van der Waals surface area contributed by atoms with Gasteiger partial charge < -0.3 is 5.11 Å². The lowest BCUT2D eigenvalue weighted by Gasteiger charge is -2.19. The van der Waals surface area contributed by atoms with E-state index in [4.69, 9.17) is 0 Å². The van der Waals surface area contributed by atoms with Gasteiger partial charge in [-0.3, -0.25) is 0 Å². The van der Waals surface area contributed by atoms with E-state index in [9.17, 15) is 5.11 Å². The Balaban J connectivity index is 2.10. The summed E-state index contributed by atoms with van der Waals surface area (Å²) in [4.78, 5) is 2.43. The van der Waals surface area contributed by atoms with Gasteiger partial charge in [0.25, 0.3) is 0 Å². The van der Waals surface area contributed by atoms with Crippen LogP contribution in [0.4, 0.5) is 0 Å². The zero-order valence-corrected chi connectivity index (χ0v) is 13.4. The Hall–Kier alpha value is -1.25. The van der Waals surface area contributed by atoms with Gasteiger partial charge in [0.1, 0.15) is 0 Å². The Bertz CT molecular complexity index is 547. The van der Waals surface area contributed by atoms with Crippen LogP contribution in [0.3, 0.4) is 0 Å². The molecular weight excluding hydrogens is 264 g/mol. The van der Waals surface area contributed by atoms with Crippen LogP contribution in [0.15, 0.2) is 58.3 Å². The highest BCUT2D eigenvalue weighted by atomic mass is 32.2. The maximum Gasteiger partial charge on any atom is 0.0761 e. The van der Waals surface area contributed by atoms with Gasteiger partial charge in [-0.15, -0.1) is 0 Å². The number of hydrogen-bond donors (Lipinski definition) is 1. The zero-order chi connectivity index (χ0) is 14.8. The summed E-state index contributed by atoms with van der Waals surface area (Å²) < 4.78 is 0. The third-order valence-corrected chi connectivity index (χ3v) is 4.33. The molecule has 0 radical (unpaired) electrons. The quantitative estimate of drug-likeness (QED) is 0.838. The predicted molar refractivity (Wildman–Crippen MR) is 86.3 cm³/mol. The number of hydrogen-bond acceptors (Lipinski definition) is 2. The molecule has 2 aromatic rings. The molecule has 1 nitrogen and oxygen atoms in total. The highest BCUT2D eigenvalue weighted by Gasteiger charge is 2.12. The van der Waals surface area contributed by atoms with E-state index in [1.54, 1.807) is 18.7 Å². The minimum atomic E-state index is -0.403. The van der Waals surface area contributed by atoms with Gasteiger partial charge in [-0.05, 0) is 47.7 Å². The lowest BCUT2D eigenvalue weighted by molar-refractivity contribution is 0.199. The summed E-state index contributed by atoms with van der Waals surface area (Å²) >= 11 is 1.75. The van der Waals surface area contributed by atoms with Crippen molar-refractivity contribution in [2.75, 3.05) is 0 Å². The van der Waals surface area contributed by atoms with Gasteiger partial charge >= 0.3 is 0 Å². The molecule has 2 aromatic carbocycles. The molecule has 106 valence electrons. The maximum atomic E-state index is 9.50. The minimum Gasteiger partial charge on any atom is -0.389 e. The van der Waals surface area contributed by atoms with E-state index < -0.39 is 6.10 Å². The average Bonchev–Trinajstić information content (AvgIpc) is 2.39. The fourth-order valence-corrected chi connectivity index (χ4v) is 2.79. The molecule has 20 heavy (non-hydrogen) atoms. The lowest BCUT2D eigenvalue weighted by atomic mass is 9.87. The SMILES string of the molecule is CC(O)c1ccc(Sc2ccc(C(C)(C)C)cc2)cc1. The van der Waals surface area contributed by atoms with Crippen LogP contribution in [-0.2, 0) is 5.41 Å². The molecular formula is C18H22OS. The van der Waals surface area contributed by atoms with E-state index in [0.29, 0.717) is 0 Å². The van der Waals surface area contributed by atoms with E-state index in [-0.39, 0.29) is 5.41 Å². The van der Waals surface area contributed by atoms with Crippen molar-refractivity contribution in [1.29, 1.82) is 0 Å². The van der Waals surface area contributed by atoms with Gasteiger partial charge in [0.05, 0.1) is 6.10 Å². The molecule has 1 unspecified atom stereocenters. The Morgan fingerprint density at radius 2 is 1.30 bits per heavy atom. The van der Waals surface area contributed by atoms with Crippen LogP contribution in [0.2, 0.25) is 0 Å². The van der Waals surface area contributed by atoms with Gasteiger partial charge in [-0.25, -0.2) is 0 Å². The molecule has 0 fully saturated rings. The van der Waals surface area contributed by atoms with E-state index in [0.717, 1.165) is 5.56 Å². The number of rotatable bonds is 3. The average molecular weight is 286 g/mol. The molecule has 0 heterocycles. The first-order valence-corrected chi connectivity index (χ1v) is 7.74. The molecule has 0 saturated heterocycles. The van der Waals surface area contributed by atoms with Crippen molar-refractivity contribution in [3.8, 4) is 0 Å². The smallest absolute Gasteiger partial charge is 0.0761 e. The summed E-state index contributed by atoms with van der Waals surface area (Å²) in [5.41, 5.74) is 2.51. The van der Waals surface area contributed by atoms with E-state index in [1.165, 1.54) is 15.4 Å². The van der Waals surface area contributed by atoms with Crippen LogP contribution in [0.25, 0.3) is 0 Å². The minimum absolute atomic E-state index is 0.197. The third-order valence-electron chi connectivity index (χ3n) is 3.32. The van der Waals surface area contributed by atoms with Crippen molar-refractivity contribution in [3.63, 3.8) is 0 Å². The highest BCUT2D eigenvalue weighted by molar-refractivity contribution is 7.99. The van der Waals surface area contributed by atoms with Crippen LogP contribution in [0.1, 0.15) is 44.9 Å². The molecule has 0 aliphatic heterocycles. The predicted octanol–water partition coefficient (Wildman–Crippen LogP) is 5.19. The van der Waals surface area contributed by atoms with Crippen LogP contribution in [0.5, 0.6) is 0 Å². The van der Waals surface area contributed by atoms with Crippen LogP contribution < -0.4 is 0 Å². The molecule has 2 rings (SSSR count). The van der Waals surface area contributed by atoms with Crippen molar-refractivity contribution in [2.24, 2.45) is 0 Å². The number of benzene rings is 2. The van der Waals surface area contributed by atoms with Crippen molar-refractivity contribution >= 4 is 11.8 Å². The largest absolute Gasteiger partial charge is 0.389 e. The third kappa shape index (κ3) is 3.87. The molecule has 0 saturated carbocycles. The second kappa shape index (κ2) is 6.02. The summed E-state index contributed by atoms with van der Waals surface area (Å²) in [5, 5.41) is 9.50. The van der Waals surface area contributed by atoms with Crippen molar-refractivity contribution < 1.29 is 5.11 Å². The number of aliphatic hydroxyl groups excluding tert-OH is 1. The van der Waals surface area contributed by atoms with Gasteiger partial charge in [0, 0.05) is 9.79 Å². The first kappa shape index (κ1) is 15.1. The van der Waals surface area contributed by atoms with Gasteiger partial charge in [-0.2, -0.15) is 0 Å². The molecule has 1 N–H and O–H groups in total. The van der Waals surface area contributed by atoms with E-state index in [2.05, 4.69) is 57.2 Å². The maximum absolute atomic E-state index is 9.50. The molecule has 0 spiro atoms. The molecule has 0 amide bonds. The van der Waals surface area contributed by atoms with Crippen LogP contribution >= 0.6 is 11.8 Å². The fraction of sp³-hybridized carbons (Fsp3) is 0.333. The van der Waals surface area contributed by atoms with Crippen molar-refractivity contribution in [2.45, 2.75) is 49.0 Å². The summed E-state index contributed by atoms with van der Waals surface area (Å²) in [6, 6.07) is 16.8. The van der Waals surface area contributed by atoms with E-state index >= 15 is 0 Å². The molecule has 0 aliphatic rings. The summed E-state index contributed by atoms with van der Waals surface area (Å²) in [6.45, 7) is 8.46. The lowest BCUT2D eigenvalue weighted by Crippen LogP contribution is -2.10. The molecule has 2 heteroatoms. The second-order valence-corrected chi connectivity index (χ2v) is 7.27. The molecule has 0 aliphatic carbocycles. The summed E-state index contributed by atoms with van der Waals surface area (Å²) in [7, 11) is 0. The molecule has 1 atom stereocenters. The topological polar surface area (TPSA) is 20.2 Å². The van der Waals surface area contributed by atoms with Gasteiger partial charge in [-0.1, -0.05) is 56.8 Å². The van der Waals surface area contributed by atoms with Crippen molar-refractivity contribution in [1.82, 2.24) is 0 Å². The van der Waals surface area contributed by atoms with Crippen molar-refractivity contribution in [3.05, 3.63) is 59.7 Å². The molecule has 0 bridgehead atoms. The summed E-state index contributed by atoms with van der Waals surface area (Å²) in [5.74, 6) is 0. The Morgan fingerprint density at radius 1 is 0.850 bits per heavy atom.